The molecule has 0 aliphatic carbocycles. The van der Waals surface area contributed by atoms with Crippen molar-refractivity contribution in [2.75, 3.05) is 13.1 Å². The summed E-state index contributed by atoms with van der Waals surface area (Å²) < 4.78 is 0. The average Bonchev–Trinajstić information content (AvgIpc) is 2.58. The van der Waals surface area contributed by atoms with Crippen LogP contribution in [0.1, 0.15) is 58.8 Å². The lowest BCUT2D eigenvalue weighted by molar-refractivity contribution is -0.138. The van der Waals surface area contributed by atoms with Gasteiger partial charge in [0.1, 0.15) is 11.4 Å². The third-order valence-corrected chi connectivity index (χ3v) is 4.04. The molecule has 1 aliphatic heterocycles. The van der Waals surface area contributed by atoms with Gasteiger partial charge in [0.15, 0.2) is 0 Å². The van der Waals surface area contributed by atoms with Crippen LogP contribution in [0.4, 0.5) is 0 Å². The lowest BCUT2D eigenvalue weighted by Gasteiger charge is -2.30. The number of unbranched alkanes of at least 4 members (excludes halogenated alkanes) is 2. The van der Waals surface area contributed by atoms with Gasteiger partial charge in [-0.2, -0.15) is 10.2 Å². The Labute approximate surface area is 142 Å². The number of amidine groups is 1. The molecule has 3 N–H and O–H groups in total. The average molecular weight is 340 g/mol. The number of azo groups is 1. The minimum Gasteiger partial charge on any atom is -0.481 e. The van der Waals surface area contributed by atoms with E-state index in [0.29, 0.717) is 38.2 Å². The van der Waals surface area contributed by atoms with Crippen LogP contribution in [0.15, 0.2) is 10.2 Å². The molecule has 1 heterocycles. The van der Waals surface area contributed by atoms with Gasteiger partial charge in [-0.05, 0) is 39.5 Å². The number of aliphatic carboxylic acids is 2. The van der Waals surface area contributed by atoms with Crippen molar-refractivity contribution in [1.82, 2.24) is 4.90 Å². The van der Waals surface area contributed by atoms with E-state index in [0.717, 1.165) is 12.8 Å². The first-order valence-electron chi connectivity index (χ1n) is 8.42. The Kier molecular flexibility index (Phi) is 7.81. The zero-order chi connectivity index (χ0) is 18.2. The van der Waals surface area contributed by atoms with Crippen molar-refractivity contribution >= 4 is 17.8 Å². The second-order valence-electron chi connectivity index (χ2n) is 6.71. The van der Waals surface area contributed by atoms with Gasteiger partial charge in [0, 0.05) is 25.9 Å². The molecule has 1 atom stereocenters. The van der Waals surface area contributed by atoms with E-state index in [9.17, 15) is 9.59 Å². The number of nitrogens with zero attached hydrogens (tertiary/aromatic N) is 3. The Morgan fingerprint density at radius 1 is 1.17 bits per heavy atom. The number of nitrogens with one attached hydrogen (secondary N) is 1. The maximum atomic E-state index is 10.6. The molecule has 8 nitrogen and oxygen atoms in total. The molecule has 1 aliphatic rings. The van der Waals surface area contributed by atoms with Crippen LogP contribution >= 0.6 is 0 Å². The summed E-state index contributed by atoms with van der Waals surface area (Å²) in [6, 6.07) is -0.106. The minimum atomic E-state index is -0.816. The Hall–Kier alpha value is -1.99. The number of carbonyl (C=O) groups is 2. The monoisotopic (exact) mass is 340 g/mol. The Balaban J connectivity index is 2.55. The number of hydrogen-bond donors (Lipinski definition) is 3. The summed E-state index contributed by atoms with van der Waals surface area (Å²) in [6.07, 6.45) is 3.71. The SMILES string of the molecule is CC1(C)N=NC(CCCC(=O)O)CN(CCCCCC(=O)O)C1=N. The highest BCUT2D eigenvalue weighted by molar-refractivity contribution is 5.88. The fraction of sp³-hybridized carbons (Fsp3) is 0.812. The molecule has 0 aromatic carbocycles. The zero-order valence-corrected chi connectivity index (χ0v) is 14.5. The minimum absolute atomic E-state index is 0.106. The van der Waals surface area contributed by atoms with Crippen LogP contribution in [0.25, 0.3) is 0 Å². The molecule has 0 spiro atoms. The number of hydrogen-bond acceptors (Lipinski definition) is 5. The molecule has 8 heteroatoms. The lowest BCUT2D eigenvalue weighted by atomic mass is 10.0. The molecular formula is C16H28N4O4. The molecule has 1 unspecified atom stereocenters. The predicted molar refractivity (Wildman–Crippen MR) is 89.6 cm³/mol. The Morgan fingerprint density at radius 3 is 2.42 bits per heavy atom. The van der Waals surface area contributed by atoms with Crippen molar-refractivity contribution in [2.24, 2.45) is 10.2 Å². The third kappa shape index (κ3) is 7.06. The smallest absolute Gasteiger partial charge is 0.303 e. The largest absolute Gasteiger partial charge is 0.481 e. The van der Waals surface area contributed by atoms with Gasteiger partial charge in [0.2, 0.25) is 0 Å². The van der Waals surface area contributed by atoms with Crippen LogP contribution in [0.3, 0.4) is 0 Å². The van der Waals surface area contributed by atoms with Crippen LogP contribution in [0.2, 0.25) is 0 Å². The molecule has 0 aromatic rings. The van der Waals surface area contributed by atoms with E-state index in [1.807, 2.05) is 18.7 Å². The van der Waals surface area contributed by atoms with E-state index in [1.54, 1.807) is 0 Å². The highest BCUT2D eigenvalue weighted by Crippen LogP contribution is 2.22. The van der Waals surface area contributed by atoms with Crippen LogP contribution in [0.5, 0.6) is 0 Å². The second-order valence-corrected chi connectivity index (χ2v) is 6.71. The van der Waals surface area contributed by atoms with Gasteiger partial charge in [-0.25, -0.2) is 0 Å². The van der Waals surface area contributed by atoms with Gasteiger partial charge in [-0.15, -0.1) is 0 Å². The maximum absolute atomic E-state index is 10.6. The van der Waals surface area contributed by atoms with Crippen LogP contribution in [-0.4, -0.2) is 57.6 Å². The van der Waals surface area contributed by atoms with Crippen molar-refractivity contribution in [3.8, 4) is 0 Å². The molecule has 0 saturated heterocycles. The van der Waals surface area contributed by atoms with Gasteiger partial charge >= 0.3 is 11.9 Å². The highest BCUT2D eigenvalue weighted by Gasteiger charge is 2.32. The second kappa shape index (κ2) is 9.34. The molecule has 0 saturated carbocycles. The van der Waals surface area contributed by atoms with Gasteiger partial charge in [-0.3, -0.25) is 15.0 Å². The van der Waals surface area contributed by atoms with Crippen molar-refractivity contribution in [3.05, 3.63) is 0 Å². The summed E-state index contributed by atoms with van der Waals surface area (Å²) in [4.78, 5) is 23.1. The summed E-state index contributed by atoms with van der Waals surface area (Å²) >= 11 is 0. The Morgan fingerprint density at radius 2 is 1.79 bits per heavy atom. The standard InChI is InChI=1S/C16H28N4O4/c1-16(2)15(17)20(10-5-3-4-8-13(21)22)11-12(18-19-16)7-6-9-14(23)24/h12,17H,3-11H2,1-2H3,(H,21,22)(H,23,24). The van der Waals surface area contributed by atoms with Crippen LogP contribution in [0, 0.1) is 5.41 Å². The van der Waals surface area contributed by atoms with E-state index in [4.69, 9.17) is 15.6 Å². The molecule has 0 amide bonds. The first-order chi connectivity index (χ1) is 11.2. The van der Waals surface area contributed by atoms with Crippen LogP contribution < -0.4 is 0 Å². The Bertz CT molecular complexity index is 490. The molecule has 0 radical (unpaired) electrons. The molecule has 1 rings (SSSR count). The summed E-state index contributed by atoms with van der Waals surface area (Å²) in [5, 5.41) is 34.3. The fourth-order valence-corrected chi connectivity index (χ4v) is 2.64. The molecular weight excluding hydrogens is 312 g/mol. The lowest BCUT2D eigenvalue weighted by Crippen LogP contribution is -2.44. The normalized spacial score (nSPS) is 20.0. The molecule has 0 bridgehead atoms. The van der Waals surface area contributed by atoms with E-state index < -0.39 is 17.5 Å². The van der Waals surface area contributed by atoms with E-state index >= 15 is 0 Å². The zero-order valence-electron chi connectivity index (χ0n) is 14.5. The van der Waals surface area contributed by atoms with E-state index in [2.05, 4.69) is 10.2 Å². The third-order valence-electron chi connectivity index (χ3n) is 4.04. The number of carboxylic acid groups (broad SMARTS) is 2. The molecule has 0 aromatic heterocycles. The maximum Gasteiger partial charge on any atom is 0.303 e. The summed E-state index contributed by atoms with van der Waals surface area (Å²) in [5.41, 5.74) is -0.692. The fourth-order valence-electron chi connectivity index (χ4n) is 2.64. The first-order valence-corrected chi connectivity index (χ1v) is 8.42. The van der Waals surface area contributed by atoms with E-state index in [-0.39, 0.29) is 18.9 Å². The van der Waals surface area contributed by atoms with Gasteiger partial charge in [-0.1, -0.05) is 6.42 Å². The van der Waals surface area contributed by atoms with Crippen molar-refractivity contribution in [2.45, 2.75) is 70.4 Å². The van der Waals surface area contributed by atoms with Gasteiger partial charge in [0.05, 0.1) is 6.04 Å². The number of rotatable bonds is 10. The van der Waals surface area contributed by atoms with Crippen LogP contribution in [-0.2, 0) is 9.59 Å². The summed E-state index contributed by atoms with van der Waals surface area (Å²) in [5.74, 6) is -1.19. The van der Waals surface area contributed by atoms with Gasteiger partial charge in [0.25, 0.3) is 0 Å². The van der Waals surface area contributed by atoms with Crippen molar-refractivity contribution in [3.63, 3.8) is 0 Å². The number of carboxylic acids is 2. The first kappa shape index (κ1) is 20.1. The van der Waals surface area contributed by atoms with Gasteiger partial charge < -0.3 is 15.1 Å². The topological polar surface area (TPSA) is 126 Å². The molecule has 0 fully saturated rings. The quantitative estimate of drug-likeness (QED) is 0.527. The summed E-state index contributed by atoms with van der Waals surface area (Å²) in [7, 11) is 0. The highest BCUT2D eigenvalue weighted by atomic mass is 16.4. The molecule has 24 heavy (non-hydrogen) atoms. The van der Waals surface area contributed by atoms with E-state index in [1.165, 1.54) is 0 Å². The van der Waals surface area contributed by atoms with Crippen molar-refractivity contribution in [1.29, 1.82) is 5.41 Å². The molecule has 136 valence electrons. The predicted octanol–water partition coefficient (Wildman–Crippen LogP) is 2.78. The van der Waals surface area contributed by atoms with Crippen molar-refractivity contribution < 1.29 is 19.8 Å². The summed E-state index contributed by atoms with van der Waals surface area (Å²) in [6.45, 7) is 4.92.